The van der Waals surface area contributed by atoms with Gasteiger partial charge in [-0.1, -0.05) is 0 Å². The number of hydrogen-bond acceptors (Lipinski definition) is 5. The summed E-state index contributed by atoms with van der Waals surface area (Å²) in [5.74, 6) is 0.574. The Morgan fingerprint density at radius 3 is 2.65 bits per heavy atom. The largest absolute Gasteiger partial charge is 0.470 e. The third-order valence-electron chi connectivity index (χ3n) is 1.61. The summed E-state index contributed by atoms with van der Waals surface area (Å²) in [4.78, 5) is 7.12. The predicted octanol–water partition coefficient (Wildman–Crippen LogP) is 1.80. The number of ether oxygens (including phenoxy) is 1. The maximum Gasteiger partial charge on any atom is 0.340 e. The highest BCUT2D eigenvalue weighted by Gasteiger charge is 2.42. The van der Waals surface area contributed by atoms with E-state index in [-0.39, 0.29) is 16.2 Å². The third-order valence-corrected chi connectivity index (χ3v) is 2.33. The van der Waals surface area contributed by atoms with Crippen LogP contribution >= 0.6 is 15.9 Å². The number of hydrogen-bond donors (Lipinski definition) is 2. The van der Waals surface area contributed by atoms with Crippen LogP contribution in [0.2, 0.25) is 0 Å². The van der Waals surface area contributed by atoms with Gasteiger partial charge in [0, 0.05) is 0 Å². The maximum atomic E-state index is 12.6. The first-order valence-electron chi connectivity index (χ1n) is 4.14. The molecular formula is C7H7BrF4N4O. The average Bonchev–Trinajstić information content (AvgIpc) is 2.27. The lowest BCUT2D eigenvalue weighted by atomic mass is 10.4. The highest BCUT2D eigenvalue weighted by atomic mass is 79.9. The van der Waals surface area contributed by atoms with E-state index in [2.05, 4.69) is 36.1 Å². The molecule has 0 bridgehead atoms. The highest BCUT2D eigenvalue weighted by Crippen LogP contribution is 2.30. The number of hydrazine groups is 1. The van der Waals surface area contributed by atoms with Gasteiger partial charge in [-0.3, -0.25) is 0 Å². The van der Waals surface area contributed by atoms with E-state index in [0.717, 1.165) is 6.33 Å². The molecule has 0 atom stereocenters. The van der Waals surface area contributed by atoms with E-state index in [1.807, 2.05) is 0 Å². The molecule has 5 nitrogen and oxygen atoms in total. The molecule has 1 heterocycles. The second kappa shape index (κ2) is 5.45. The summed E-state index contributed by atoms with van der Waals surface area (Å²) in [6.45, 7) is -1.50. The van der Waals surface area contributed by atoms with Crippen LogP contribution in [0.5, 0.6) is 5.88 Å². The van der Waals surface area contributed by atoms with Crippen LogP contribution in [0.4, 0.5) is 23.4 Å². The number of alkyl halides is 4. The lowest BCUT2D eigenvalue weighted by Gasteiger charge is -2.16. The number of nitrogens with two attached hydrogens (primary N) is 1. The molecular weight excluding hydrogens is 312 g/mol. The topological polar surface area (TPSA) is 73.1 Å². The second-order valence-corrected chi connectivity index (χ2v) is 3.63. The molecule has 0 saturated carbocycles. The molecule has 96 valence electrons. The van der Waals surface area contributed by atoms with Crippen molar-refractivity contribution in [3.8, 4) is 5.88 Å². The normalized spacial score (nSPS) is 11.7. The van der Waals surface area contributed by atoms with Gasteiger partial charge in [0.2, 0.25) is 5.88 Å². The smallest absolute Gasteiger partial charge is 0.340 e. The molecule has 0 aliphatic carbocycles. The van der Waals surface area contributed by atoms with Gasteiger partial charge in [0.25, 0.3) is 0 Å². The average molecular weight is 319 g/mol. The molecule has 1 aromatic rings. The molecule has 1 rings (SSSR count). The van der Waals surface area contributed by atoms with E-state index in [1.54, 1.807) is 0 Å². The Kier molecular flexibility index (Phi) is 4.46. The van der Waals surface area contributed by atoms with E-state index >= 15 is 0 Å². The van der Waals surface area contributed by atoms with Crippen molar-refractivity contribution in [1.82, 2.24) is 9.97 Å². The first-order chi connectivity index (χ1) is 7.88. The number of rotatable bonds is 5. The van der Waals surface area contributed by atoms with Crippen molar-refractivity contribution in [2.45, 2.75) is 12.3 Å². The van der Waals surface area contributed by atoms with Gasteiger partial charge in [0.15, 0.2) is 12.4 Å². The van der Waals surface area contributed by atoms with Gasteiger partial charge >= 0.3 is 12.3 Å². The lowest BCUT2D eigenvalue weighted by Crippen LogP contribution is -2.34. The van der Waals surface area contributed by atoms with Crippen LogP contribution in [0.15, 0.2) is 10.8 Å². The summed E-state index contributed by atoms with van der Waals surface area (Å²) >= 11 is 2.92. The summed E-state index contributed by atoms with van der Waals surface area (Å²) < 4.78 is 53.4. The summed E-state index contributed by atoms with van der Waals surface area (Å²) in [6, 6.07) is 0. The van der Waals surface area contributed by atoms with Crippen molar-refractivity contribution >= 4 is 21.7 Å². The number of anilines is 1. The van der Waals surface area contributed by atoms with Crippen LogP contribution in [-0.2, 0) is 0 Å². The van der Waals surface area contributed by atoms with E-state index in [4.69, 9.17) is 5.84 Å². The molecule has 0 aromatic carbocycles. The molecule has 0 unspecified atom stereocenters. The zero-order chi connectivity index (χ0) is 13.1. The van der Waals surface area contributed by atoms with Crippen molar-refractivity contribution < 1.29 is 22.3 Å². The minimum atomic E-state index is -4.25. The Hall–Kier alpha value is -1.16. The molecule has 10 heteroatoms. The molecule has 0 saturated heterocycles. The highest BCUT2D eigenvalue weighted by molar-refractivity contribution is 9.10. The fourth-order valence-electron chi connectivity index (χ4n) is 0.783. The number of nitrogen functional groups attached to an aromatic ring is 1. The summed E-state index contributed by atoms with van der Waals surface area (Å²) in [5, 5.41) is 0. The van der Waals surface area contributed by atoms with Crippen LogP contribution in [0, 0.1) is 0 Å². The van der Waals surface area contributed by atoms with Gasteiger partial charge in [-0.05, 0) is 15.9 Å². The first kappa shape index (κ1) is 13.9. The van der Waals surface area contributed by atoms with Crippen molar-refractivity contribution in [3.63, 3.8) is 0 Å². The van der Waals surface area contributed by atoms with E-state index in [1.165, 1.54) is 0 Å². The fourth-order valence-corrected chi connectivity index (χ4v) is 1.22. The van der Waals surface area contributed by atoms with Crippen LogP contribution in [0.25, 0.3) is 0 Å². The number of halogens is 5. The summed E-state index contributed by atoms with van der Waals surface area (Å²) in [7, 11) is 0. The molecule has 1 aromatic heterocycles. The zero-order valence-electron chi connectivity index (χ0n) is 8.13. The maximum absolute atomic E-state index is 12.6. The molecule has 0 amide bonds. The SMILES string of the molecule is NNc1ncnc(OCC(F)(F)C(F)F)c1Br. The fraction of sp³-hybridized carbons (Fsp3) is 0.429. The van der Waals surface area contributed by atoms with Crippen LogP contribution < -0.4 is 16.0 Å². The zero-order valence-corrected chi connectivity index (χ0v) is 9.72. The van der Waals surface area contributed by atoms with Crippen molar-refractivity contribution in [1.29, 1.82) is 0 Å². The minimum Gasteiger partial charge on any atom is -0.470 e. The molecule has 0 spiro atoms. The van der Waals surface area contributed by atoms with Crippen LogP contribution in [-0.4, -0.2) is 28.9 Å². The second-order valence-electron chi connectivity index (χ2n) is 2.84. The van der Waals surface area contributed by atoms with Gasteiger partial charge in [-0.15, -0.1) is 0 Å². The Labute approximate surface area is 101 Å². The Bertz CT molecular complexity index is 392. The molecule has 17 heavy (non-hydrogen) atoms. The van der Waals surface area contributed by atoms with Crippen molar-refractivity contribution in [2.75, 3.05) is 12.0 Å². The van der Waals surface area contributed by atoms with Gasteiger partial charge in [0.05, 0.1) is 0 Å². The Morgan fingerprint density at radius 2 is 2.12 bits per heavy atom. The lowest BCUT2D eigenvalue weighted by molar-refractivity contribution is -0.148. The third kappa shape index (κ3) is 3.40. The van der Waals surface area contributed by atoms with E-state index < -0.39 is 19.0 Å². The van der Waals surface area contributed by atoms with Gasteiger partial charge < -0.3 is 10.2 Å². The van der Waals surface area contributed by atoms with Gasteiger partial charge in [-0.25, -0.2) is 24.6 Å². The monoisotopic (exact) mass is 318 g/mol. The van der Waals surface area contributed by atoms with Crippen LogP contribution in [0.1, 0.15) is 0 Å². The van der Waals surface area contributed by atoms with Crippen LogP contribution in [0.3, 0.4) is 0 Å². The molecule has 0 fully saturated rings. The number of nitrogens with one attached hydrogen (secondary N) is 1. The van der Waals surface area contributed by atoms with Gasteiger partial charge in [-0.2, -0.15) is 8.78 Å². The number of nitrogens with zero attached hydrogens (tertiary/aromatic N) is 2. The molecule has 3 N–H and O–H groups in total. The van der Waals surface area contributed by atoms with E-state index in [0.29, 0.717) is 0 Å². The summed E-state index contributed by atoms with van der Waals surface area (Å²) in [6.07, 6.45) is -2.83. The molecule has 0 aliphatic heterocycles. The standard InChI is InChI=1S/C7H7BrF4N4O/c8-3-4(16-13)14-2-15-5(3)17-1-7(11,12)6(9)10/h2,6H,1,13H2,(H,14,15,16). The van der Waals surface area contributed by atoms with Crippen molar-refractivity contribution in [3.05, 3.63) is 10.8 Å². The Balaban J connectivity index is 2.76. The number of aromatic nitrogens is 2. The Morgan fingerprint density at radius 1 is 1.47 bits per heavy atom. The predicted molar refractivity (Wildman–Crippen MR) is 54.0 cm³/mol. The summed E-state index contributed by atoms with van der Waals surface area (Å²) in [5.41, 5.74) is 2.14. The molecule has 0 aliphatic rings. The van der Waals surface area contributed by atoms with E-state index in [9.17, 15) is 17.6 Å². The molecule has 0 radical (unpaired) electrons. The minimum absolute atomic E-state index is 0.0626. The quantitative estimate of drug-likeness (QED) is 0.492. The first-order valence-corrected chi connectivity index (χ1v) is 4.93. The van der Waals surface area contributed by atoms with Crippen molar-refractivity contribution in [2.24, 2.45) is 5.84 Å². The van der Waals surface area contributed by atoms with Gasteiger partial charge in [0.1, 0.15) is 10.8 Å².